The van der Waals surface area contributed by atoms with Gasteiger partial charge in [0.1, 0.15) is 0 Å². The largest absolute Gasteiger partial charge is 0.323 e. The molecule has 0 saturated heterocycles. The molecule has 0 aliphatic heterocycles. The van der Waals surface area contributed by atoms with E-state index in [4.69, 9.17) is 5.73 Å². The van der Waals surface area contributed by atoms with Crippen molar-refractivity contribution in [3.8, 4) is 0 Å². The second-order valence-electron chi connectivity index (χ2n) is 3.60. The van der Waals surface area contributed by atoms with Gasteiger partial charge in [-0.05, 0) is 18.6 Å². The Bertz CT molecular complexity index is 269. The Hall–Kier alpha value is -0.540. The third kappa shape index (κ3) is 3.31. The number of aromatic nitrogens is 1. The average Bonchev–Trinajstić information content (AvgIpc) is 2.17. The Balaban J connectivity index is 2.68. The maximum absolute atomic E-state index is 5.88. The number of nitrogens with two attached hydrogens (primary N) is 1. The molecule has 0 aromatic carbocycles. The Kier molecular flexibility index (Phi) is 4.42. The van der Waals surface area contributed by atoms with Crippen LogP contribution in [0.5, 0.6) is 0 Å². The van der Waals surface area contributed by atoms with E-state index in [0.29, 0.717) is 5.25 Å². The lowest BCUT2D eigenvalue weighted by Crippen LogP contribution is -2.10. The number of rotatable bonds is 4. The molecule has 0 spiro atoms. The van der Waals surface area contributed by atoms with Crippen LogP contribution in [0.3, 0.4) is 0 Å². The quantitative estimate of drug-likeness (QED) is 0.776. The van der Waals surface area contributed by atoms with Gasteiger partial charge in [0.2, 0.25) is 0 Å². The Labute approximate surface area is 90.3 Å². The second-order valence-corrected chi connectivity index (χ2v) is 5.25. The van der Waals surface area contributed by atoms with Crippen LogP contribution in [-0.4, -0.2) is 10.2 Å². The lowest BCUT2D eigenvalue weighted by atomic mass is 10.1. The molecular formula is C11H18N2S. The Morgan fingerprint density at radius 3 is 2.57 bits per heavy atom. The van der Waals surface area contributed by atoms with Crippen LogP contribution >= 0.6 is 11.8 Å². The van der Waals surface area contributed by atoms with Crippen LogP contribution in [-0.2, 0) is 0 Å². The van der Waals surface area contributed by atoms with E-state index in [9.17, 15) is 0 Å². The zero-order valence-corrected chi connectivity index (χ0v) is 9.84. The normalized spacial score (nSPS) is 13.2. The molecule has 0 fully saturated rings. The molecule has 0 bridgehead atoms. The molecule has 2 nitrogen and oxygen atoms in total. The molecule has 1 atom stereocenters. The van der Waals surface area contributed by atoms with Crippen molar-refractivity contribution in [1.29, 1.82) is 0 Å². The lowest BCUT2D eigenvalue weighted by Gasteiger charge is -2.09. The third-order valence-corrected chi connectivity index (χ3v) is 2.94. The molecule has 1 heterocycles. The molecule has 0 radical (unpaired) electrons. The van der Waals surface area contributed by atoms with Crippen molar-refractivity contribution in [2.24, 2.45) is 5.73 Å². The zero-order chi connectivity index (χ0) is 10.6. The number of hydrogen-bond acceptors (Lipinski definition) is 3. The summed E-state index contributed by atoms with van der Waals surface area (Å²) in [4.78, 5) is 5.57. The first-order valence-corrected chi connectivity index (χ1v) is 5.89. The third-order valence-electron chi connectivity index (χ3n) is 1.95. The summed E-state index contributed by atoms with van der Waals surface area (Å²) < 4.78 is 0. The first-order valence-electron chi connectivity index (χ1n) is 5.01. The van der Waals surface area contributed by atoms with Crippen molar-refractivity contribution >= 4 is 11.8 Å². The summed E-state index contributed by atoms with van der Waals surface area (Å²) in [6, 6.07) is 4.20. The van der Waals surface area contributed by atoms with Gasteiger partial charge < -0.3 is 5.73 Å². The van der Waals surface area contributed by atoms with Gasteiger partial charge in [0, 0.05) is 22.4 Å². The molecule has 2 N–H and O–H groups in total. The lowest BCUT2D eigenvalue weighted by molar-refractivity contribution is 0.674. The van der Waals surface area contributed by atoms with Crippen LogP contribution in [0.4, 0.5) is 0 Å². The van der Waals surface area contributed by atoms with Gasteiger partial charge in [-0.1, -0.05) is 20.8 Å². The summed E-state index contributed by atoms with van der Waals surface area (Å²) in [6.07, 6.45) is 2.85. The first-order chi connectivity index (χ1) is 6.63. The van der Waals surface area contributed by atoms with Crippen molar-refractivity contribution in [1.82, 2.24) is 4.98 Å². The smallest absolute Gasteiger partial charge is 0.0571 e. The van der Waals surface area contributed by atoms with E-state index in [1.807, 2.05) is 24.0 Å². The van der Waals surface area contributed by atoms with E-state index < -0.39 is 0 Å². The predicted molar refractivity (Wildman–Crippen MR) is 62.4 cm³/mol. The van der Waals surface area contributed by atoms with Crippen LogP contribution in [0.1, 0.15) is 38.9 Å². The van der Waals surface area contributed by atoms with E-state index in [1.54, 1.807) is 0 Å². The molecule has 0 amide bonds. The highest BCUT2D eigenvalue weighted by molar-refractivity contribution is 7.99. The zero-order valence-electron chi connectivity index (χ0n) is 9.03. The minimum atomic E-state index is 0.0769. The molecule has 0 saturated carbocycles. The molecule has 1 aromatic heterocycles. The number of pyridine rings is 1. The van der Waals surface area contributed by atoms with Gasteiger partial charge in [-0.15, -0.1) is 11.8 Å². The molecular weight excluding hydrogens is 192 g/mol. The van der Waals surface area contributed by atoms with E-state index in [2.05, 4.69) is 31.8 Å². The van der Waals surface area contributed by atoms with Crippen LogP contribution in [0.2, 0.25) is 0 Å². The summed E-state index contributed by atoms with van der Waals surface area (Å²) in [6.45, 7) is 6.43. The monoisotopic (exact) mass is 210 g/mol. The summed E-state index contributed by atoms with van der Waals surface area (Å²) in [5.41, 5.74) is 6.86. The van der Waals surface area contributed by atoms with Gasteiger partial charge >= 0.3 is 0 Å². The van der Waals surface area contributed by atoms with Crippen LogP contribution < -0.4 is 5.73 Å². The van der Waals surface area contributed by atoms with Crippen molar-refractivity contribution in [3.05, 3.63) is 24.0 Å². The molecule has 1 rings (SSSR count). The highest BCUT2D eigenvalue weighted by atomic mass is 32.2. The van der Waals surface area contributed by atoms with Gasteiger partial charge in [0.15, 0.2) is 0 Å². The Morgan fingerprint density at radius 1 is 1.43 bits per heavy atom. The average molecular weight is 210 g/mol. The van der Waals surface area contributed by atoms with Crippen molar-refractivity contribution in [2.45, 2.75) is 43.4 Å². The van der Waals surface area contributed by atoms with Crippen molar-refractivity contribution in [2.75, 3.05) is 0 Å². The molecule has 0 unspecified atom stereocenters. The van der Waals surface area contributed by atoms with E-state index >= 15 is 0 Å². The van der Waals surface area contributed by atoms with Gasteiger partial charge in [0.25, 0.3) is 0 Å². The second kappa shape index (κ2) is 5.37. The van der Waals surface area contributed by atoms with Gasteiger partial charge in [-0.25, -0.2) is 0 Å². The Morgan fingerprint density at radius 2 is 2.14 bits per heavy atom. The van der Waals surface area contributed by atoms with Crippen LogP contribution in [0, 0.1) is 0 Å². The van der Waals surface area contributed by atoms with Gasteiger partial charge in [-0.2, -0.15) is 0 Å². The standard InChI is InChI=1S/C11H18N2S/c1-4-10(12)11-6-5-9(7-13-11)14-8(2)3/h5-8,10H,4,12H2,1-3H3/t10-/m1/s1. The number of nitrogens with zero attached hydrogens (tertiary/aromatic N) is 1. The maximum atomic E-state index is 5.88. The fourth-order valence-corrected chi connectivity index (χ4v) is 1.97. The fourth-order valence-electron chi connectivity index (χ4n) is 1.16. The van der Waals surface area contributed by atoms with Crippen molar-refractivity contribution < 1.29 is 0 Å². The summed E-state index contributed by atoms with van der Waals surface area (Å²) in [7, 11) is 0. The molecule has 0 aliphatic carbocycles. The fraction of sp³-hybridized carbons (Fsp3) is 0.545. The molecule has 78 valence electrons. The SMILES string of the molecule is CC[C@@H](N)c1ccc(SC(C)C)cn1. The molecule has 14 heavy (non-hydrogen) atoms. The minimum absolute atomic E-state index is 0.0769. The highest BCUT2D eigenvalue weighted by Crippen LogP contribution is 2.22. The maximum Gasteiger partial charge on any atom is 0.0571 e. The molecule has 1 aromatic rings. The van der Waals surface area contributed by atoms with E-state index in [1.165, 1.54) is 4.90 Å². The molecule has 0 aliphatic rings. The molecule has 3 heteroatoms. The highest BCUT2D eigenvalue weighted by Gasteiger charge is 2.05. The minimum Gasteiger partial charge on any atom is -0.323 e. The number of hydrogen-bond donors (Lipinski definition) is 1. The predicted octanol–water partition coefficient (Wildman–Crippen LogP) is 2.99. The summed E-state index contributed by atoms with van der Waals surface area (Å²) >= 11 is 1.82. The summed E-state index contributed by atoms with van der Waals surface area (Å²) in [5, 5.41) is 0.600. The summed E-state index contributed by atoms with van der Waals surface area (Å²) in [5.74, 6) is 0. The first kappa shape index (κ1) is 11.5. The topological polar surface area (TPSA) is 38.9 Å². The van der Waals surface area contributed by atoms with Gasteiger partial charge in [-0.3, -0.25) is 4.98 Å². The number of thioether (sulfide) groups is 1. The van der Waals surface area contributed by atoms with E-state index in [-0.39, 0.29) is 6.04 Å². The van der Waals surface area contributed by atoms with Crippen molar-refractivity contribution in [3.63, 3.8) is 0 Å². The van der Waals surface area contributed by atoms with Crippen LogP contribution in [0.15, 0.2) is 23.2 Å². The van der Waals surface area contributed by atoms with E-state index in [0.717, 1.165) is 12.1 Å². The van der Waals surface area contributed by atoms with Crippen LogP contribution in [0.25, 0.3) is 0 Å². The van der Waals surface area contributed by atoms with Gasteiger partial charge in [0.05, 0.1) is 5.69 Å².